The van der Waals surface area contributed by atoms with Gasteiger partial charge in [-0.2, -0.15) is 10.2 Å². The van der Waals surface area contributed by atoms with Crippen molar-refractivity contribution in [1.29, 1.82) is 0 Å². The second-order valence-electron chi connectivity index (χ2n) is 4.24. The van der Waals surface area contributed by atoms with Crippen molar-refractivity contribution in [2.75, 3.05) is 0 Å². The Morgan fingerprint density at radius 1 is 1.24 bits per heavy atom. The number of rotatable bonds is 4. The monoisotopic (exact) mass is 280 g/mol. The van der Waals surface area contributed by atoms with Gasteiger partial charge in [-0.05, 0) is 12.1 Å². The van der Waals surface area contributed by atoms with Crippen molar-refractivity contribution in [3.05, 3.63) is 66.2 Å². The van der Waals surface area contributed by atoms with E-state index in [2.05, 4.69) is 20.7 Å². The predicted octanol–water partition coefficient (Wildman–Crippen LogP) is 2.43. The summed E-state index contributed by atoms with van der Waals surface area (Å²) in [6.07, 6.45) is 4.61. The molecule has 0 aliphatic carbocycles. The molecule has 1 amide bonds. The van der Waals surface area contributed by atoms with Crippen LogP contribution >= 0.6 is 0 Å². The molecule has 3 rings (SSSR count). The molecule has 0 atom stereocenters. The van der Waals surface area contributed by atoms with Crippen molar-refractivity contribution in [3.63, 3.8) is 0 Å². The van der Waals surface area contributed by atoms with Crippen LogP contribution in [0.25, 0.3) is 11.3 Å². The summed E-state index contributed by atoms with van der Waals surface area (Å²) in [6, 6.07) is 13.0. The molecule has 0 aliphatic rings. The van der Waals surface area contributed by atoms with Gasteiger partial charge in [0, 0.05) is 11.1 Å². The van der Waals surface area contributed by atoms with E-state index in [1.807, 2.05) is 30.3 Å². The molecule has 0 fully saturated rings. The van der Waals surface area contributed by atoms with Crippen LogP contribution in [0, 0.1) is 0 Å². The summed E-state index contributed by atoms with van der Waals surface area (Å²) in [5.74, 6) is -0.191. The van der Waals surface area contributed by atoms with E-state index in [9.17, 15) is 4.79 Å². The van der Waals surface area contributed by atoms with Gasteiger partial charge in [-0.3, -0.25) is 9.89 Å². The Labute approximate surface area is 120 Å². The minimum atomic E-state index is -0.402. The zero-order valence-corrected chi connectivity index (χ0v) is 11.0. The summed E-state index contributed by atoms with van der Waals surface area (Å²) in [6.45, 7) is 0. The van der Waals surface area contributed by atoms with Gasteiger partial charge in [0.2, 0.25) is 0 Å². The lowest BCUT2D eigenvalue weighted by atomic mass is 10.1. The zero-order chi connectivity index (χ0) is 14.5. The Morgan fingerprint density at radius 2 is 2.10 bits per heavy atom. The topological polar surface area (TPSA) is 83.3 Å². The van der Waals surface area contributed by atoms with Crippen LogP contribution < -0.4 is 5.43 Å². The number of carbonyl (C=O) groups excluding carboxylic acids is 1. The Hall–Kier alpha value is -3.15. The van der Waals surface area contributed by atoms with E-state index in [0.29, 0.717) is 0 Å². The first kappa shape index (κ1) is 12.9. The zero-order valence-electron chi connectivity index (χ0n) is 11.0. The lowest BCUT2D eigenvalue weighted by Gasteiger charge is -1.99. The summed E-state index contributed by atoms with van der Waals surface area (Å²) < 4.78 is 4.97. The number of hydrogen-bond donors (Lipinski definition) is 2. The molecule has 3 aromatic rings. The average Bonchev–Trinajstić information content (AvgIpc) is 3.20. The molecule has 0 aliphatic heterocycles. The van der Waals surface area contributed by atoms with E-state index in [1.165, 1.54) is 12.5 Å². The molecule has 0 saturated carbocycles. The number of benzene rings is 1. The number of hydrazone groups is 1. The number of H-pyrrole nitrogens is 1. The van der Waals surface area contributed by atoms with E-state index >= 15 is 0 Å². The summed E-state index contributed by atoms with van der Waals surface area (Å²) >= 11 is 0. The summed E-state index contributed by atoms with van der Waals surface area (Å²) in [5, 5.41) is 10.8. The SMILES string of the molecule is O=C(N/N=C\c1cn[nH]c1-c1ccccc1)c1ccco1. The summed E-state index contributed by atoms with van der Waals surface area (Å²) in [5.41, 5.74) is 5.01. The van der Waals surface area contributed by atoms with Crippen LogP contribution in [0.2, 0.25) is 0 Å². The maximum atomic E-state index is 11.6. The molecule has 2 N–H and O–H groups in total. The number of aromatic amines is 1. The standard InChI is InChI=1S/C15H12N4O2/c20-15(13-7-4-8-21-13)19-17-10-12-9-16-18-14(12)11-5-2-1-3-6-11/h1-10H,(H,16,18)(H,19,20)/b17-10-. The number of furan rings is 1. The maximum absolute atomic E-state index is 11.6. The first-order valence-corrected chi connectivity index (χ1v) is 6.30. The minimum absolute atomic E-state index is 0.211. The molecule has 0 saturated heterocycles. The van der Waals surface area contributed by atoms with Gasteiger partial charge in [0.1, 0.15) is 0 Å². The van der Waals surface area contributed by atoms with Crippen LogP contribution in [0.3, 0.4) is 0 Å². The molecule has 2 heterocycles. The highest BCUT2D eigenvalue weighted by molar-refractivity contribution is 5.93. The van der Waals surface area contributed by atoms with Crippen LogP contribution in [0.15, 0.2) is 64.4 Å². The van der Waals surface area contributed by atoms with E-state index in [4.69, 9.17) is 4.42 Å². The van der Waals surface area contributed by atoms with E-state index in [0.717, 1.165) is 16.8 Å². The van der Waals surface area contributed by atoms with Gasteiger partial charge < -0.3 is 4.42 Å². The predicted molar refractivity (Wildman–Crippen MR) is 77.8 cm³/mol. The summed E-state index contributed by atoms with van der Waals surface area (Å²) in [4.78, 5) is 11.6. The molecule has 6 heteroatoms. The van der Waals surface area contributed by atoms with E-state index in [1.54, 1.807) is 18.3 Å². The fourth-order valence-electron chi connectivity index (χ4n) is 1.85. The number of aromatic nitrogens is 2. The van der Waals surface area contributed by atoms with Gasteiger partial charge in [-0.15, -0.1) is 0 Å². The van der Waals surface area contributed by atoms with Gasteiger partial charge >= 0.3 is 5.91 Å². The number of nitrogens with zero attached hydrogens (tertiary/aromatic N) is 2. The highest BCUT2D eigenvalue weighted by Crippen LogP contribution is 2.18. The smallest absolute Gasteiger partial charge is 0.307 e. The highest BCUT2D eigenvalue weighted by Gasteiger charge is 2.07. The Balaban J connectivity index is 1.73. The second kappa shape index (κ2) is 5.87. The first-order valence-electron chi connectivity index (χ1n) is 6.30. The number of nitrogens with one attached hydrogen (secondary N) is 2. The maximum Gasteiger partial charge on any atom is 0.307 e. The molecular weight excluding hydrogens is 268 g/mol. The van der Waals surface area contributed by atoms with Crippen molar-refractivity contribution in [1.82, 2.24) is 15.6 Å². The van der Waals surface area contributed by atoms with E-state index < -0.39 is 5.91 Å². The third-order valence-electron chi connectivity index (χ3n) is 2.85. The molecule has 0 radical (unpaired) electrons. The second-order valence-corrected chi connectivity index (χ2v) is 4.24. The number of hydrogen-bond acceptors (Lipinski definition) is 4. The minimum Gasteiger partial charge on any atom is -0.459 e. The molecule has 1 aromatic carbocycles. The number of amides is 1. The van der Waals surface area contributed by atoms with Crippen molar-refractivity contribution in [2.24, 2.45) is 5.10 Å². The Bertz CT molecular complexity index is 745. The molecule has 0 spiro atoms. The van der Waals surface area contributed by atoms with Crippen molar-refractivity contribution < 1.29 is 9.21 Å². The third-order valence-corrected chi connectivity index (χ3v) is 2.85. The lowest BCUT2D eigenvalue weighted by molar-refractivity contribution is 0.0927. The van der Waals surface area contributed by atoms with Crippen LogP contribution in [-0.4, -0.2) is 22.3 Å². The molecule has 0 bridgehead atoms. The van der Waals surface area contributed by atoms with Gasteiger partial charge in [0.25, 0.3) is 0 Å². The van der Waals surface area contributed by atoms with Crippen LogP contribution in [0.4, 0.5) is 0 Å². The molecule has 2 aromatic heterocycles. The van der Waals surface area contributed by atoms with Gasteiger partial charge in [0.05, 0.1) is 24.4 Å². The van der Waals surface area contributed by atoms with E-state index in [-0.39, 0.29) is 5.76 Å². The molecule has 6 nitrogen and oxygen atoms in total. The fourth-order valence-corrected chi connectivity index (χ4v) is 1.85. The quantitative estimate of drug-likeness (QED) is 0.568. The van der Waals surface area contributed by atoms with Crippen molar-refractivity contribution in [2.45, 2.75) is 0 Å². The molecular formula is C15H12N4O2. The summed E-state index contributed by atoms with van der Waals surface area (Å²) in [7, 11) is 0. The van der Waals surface area contributed by atoms with Crippen LogP contribution in [0.5, 0.6) is 0 Å². The lowest BCUT2D eigenvalue weighted by Crippen LogP contribution is -2.16. The van der Waals surface area contributed by atoms with Crippen molar-refractivity contribution in [3.8, 4) is 11.3 Å². The Morgan fingerprint density at radius 3 is 2.86 bits per heavy atom. The van der Waals surface area contributed by atoms with Gasteiger partial charge in [-0.25, -0.2) is 5.43 Å². The van der Waals surface area contributed by atoms with Crippen LogP contribution in [0.1, 0.15) is 16.1 Å². The Kier molecular flexibility index (Phi) is 3.60. The average molecular weight is 280 g/mol. The fraction of sp³-hybridized carbons (Fsp3) is 0. The molecule has 0 unspecified atom stereocenters. The number of carbonyl (C=O) groups is 1. The van der Waals surface area contributed by atoms with Gasteiger partial charge in [-0.1, -0.05) is 30.3 Å². The molecule has 21 heavy (non-hydrogen) atoms. The molecule has 104 valence electrons. The third kappa shape index (κ3) is 2.89. The largest absolute Gasteiger partial charge is 0.459 e. The highest BCUT2D eigenvalue weighted by atomic mass is 16.3. The van der Waals surface area contributed by atoms with Gasteiger partial charge in [0.15, 0.2) is 5.76 Å². The first-order chi connectivity index (χ1) is 10.3. The normalized spacial score (nSPS) is 10.9. The van der Waals surface area contributed by atoms with Crippen molar-refractivity contribution >= 4 is 12.1 Å². The van der Waals surface area contributed by atoms with Crippen LogP contribution in [-0.2, 0) is 0 Å².